The summed E-state index contributed by atoms with van der Waals surface area (Å²) in [5, 5.41) is 8.76. The van der Waals surface area contributed by atoms with Crippen LogP contribution in [-0.4, -0.2) is 34.8 Å². The van der Waals surface area contributed by atoms with Crippen molar-refractivity contribution in [3.05, 3.63) is 35.1 Å². The van der Waals surface area contributed by atoms with Crippen LogP contribution in [0.15, 0.2) is 18.2 Å². The van der Waals surface area contributed by atoms with Crippen molar-refractivity contribution >= 4 is 16.8 Å². The molecule has 1 N–H and O–H groups in total. The van der Waals surface area contributed by atoms with Crippen LogP contribution in [0, 0.1) is 5.82 Å². The van der Waals surface area contributed by atoms with Gasteiger partial charge in [0.25, 0.3) is 0 Å². The lowest BCUT2D eigenvalue weighted by atomic mass is 10.1. The van der Waals surface area contributed by atoms with Gasteiger partial charge in [-0.1, -0.05) is 0 Å². The zero-order valence-electron chi connectivity index (χ0n) is 9.31. The zero-order valence-corrected chi connectivity index (χ0v) is 10.1. The Bertz CT molecular complexity index is 433. The largest absolute Gasteiger partial charge is 0.478 e. The first-order valence-corrected chi connectivity index (χ1v) is 6.39. The molecule has 0 radical (unpaired) electrons. The smallest absolute Gasteiger partial charge is 0.335 e. The molecule has 0 aliphatic rings. The molecule has 1 atom stereocenters. The summed E-state index contributed by atoms with van der Waals surface area (Å²) in [6, 6.07) is 3.47. The Morgan fingerprint density at radius 2 is 2.24 bits per heavy atom. The SMILES string of the molecule is COCCS(=O)Cc1cc(C(=O)O)ccc1F. The Hall–Kier alpha value is -1.27. The summed E-state index contributed by atoms with van der Waals surface area (Å²) >= 11 is 0. The highest BCUT2D eigenvalue weighted by atomic mass is 32.2. The quantitative estimate of drug-likeness (QED) is 0.840. The molecule has 0 aromatic heterocycles. The van der Waals surface area contributed by atoms with Crippen LogP contribution in [-0.2, 0) is 21.3 Å². The average Bonchev–Trinajstić information content (AvgIpc) is 2.29. The van der Waals surface area contributed by atoms with E-state index in [4.69, 9.17) is 9.84 Å². The Labute approximate surface area is 101 Å². The standard InChI is InChI=1S/C11H13FO4S/c1-16-4-5-17(15)7-9-6-8(11(13)14)2-3-10(9)12/h2-3,6H,4-5,7H2,1H3,(H,13,14). The van der Waals surface area contributed by atoms with Crippen molar-refractivity contribution in [1.82, 2.24) is 0 Å². The Kier molecular flexibility index (Phi) is 5.24. The Balaban J connectivity index is 2.79. The van der Waals surface area contributed by atoms with Gasteiger partial charge in [0.1, 0.15) is 5.82 Å². The molecule has 1 aromatic rings. The van der Waals surface area contributed by atoms with Crippen molar-refractivity contribution in [2.24, 2.45) is 0 Å². The molecular formula is C11H13FO4S. The van der Waals surface area contributed by atoms with Crippen LogP contribution < -0.4 is 0 Å². The number of hydrogen-bond donors (Lipinski definition) is 1. The van der Waals surface area contributed by atoms with Gasteiger partial charge in [-0.2, -0.15) is 0 Å². The number of carboxylic acids is 1. The van der Waals surface area contributed by atoms with Crippen molar-refractivity contribution in [3.8, 4) is 0 Å². The third kappa shape index (κ3) is 4.24. The maximum absolute atomic E-state index is 13.4. The summed E-state index contributed by atoms with van der Waals surface area (Å²) in [5.41, 5.74) is 0.143. The van der Waals surface area contributed by atoms with Gasteiger partial charge in [0.15, 0.2) is 0 Å². The van der Waals surface area contributed by atoms with Gasteiger partial charge in [0.2, 0.25) is 0 Å². The lowest BCUT2D eigenvalue weighted by Gasteiger charge is -2.05. The van der Waals surface area contributed by atoms with Crippen LogP contribution in [0.1, 0.15) is 15.9 Å². The summed E-state index contributed by atoms with van der Waals surface area (Å²) in [6.45, 7) is 0.326. The molecule has 0 aliphatic carbocycles. The molecule has 0 bridgehead atoms. The number of carbonyl (C=O) groups is 1. The van der Waals surface area contributed by atoms with E-state index < -0.39 is 22.6 Å². The molecule has 0 spiro atoms. The molecule has 0 heterocycles. The van der Waals surface area contributed by atoms with Gasteiger partial charge in [-0.25, -0.2) is 9.18 Å². The van der Waals surface area contributed by atoms with Gasteiger partial charge in [-0.3, -0.25) is 4.21 Å². The number of halogens is 1. The minimum atomic E-state index is -1.26. The van der Waals surface area contributed by atoms with Crippen molar-refractivity contribution in [2.45, 2.75) is 5.75 Å². The molecule has 0 saturated heterocycles. The van der Waals surface area contributed by atoms with Crippen LogP contribution in [0.4, 0.5) is 4.39 Å². The minimum Gasteiger partial charge on any atom is -0.478 e. The van der Waals surface area contributed by atoms with Crippen LogP contribution in [0.5, 0.6) is 0 Å². The van der Waals surface area contributed by atoms with Crippen molar-refractivity contribution < 1.29 is 23.2 Å². The molecule has 94 valence electrons. The topological polar surface area (TPSA) is 63.6 Å². The molecule has 1 aromatic carbocycles. The van der Waals surface area contributed by atoms with Crippen LogP contribution in [0.2, 0.25) is 0 Å². The third-order valence-corrected chi connectivity index (χ3v) is 3.38. The van der Waals surface area contributed by atoms with Crippen molar-refractivity contribution in [1.29, 1.82) is 0 Å². The van der Waals surface area contributed by atoms with Gasteiger partial charge in [0, 0.05) is 29.2 Å². The second kappa shape index (κ2) is 6.46. The highest BCUT2D eigenvalue weighted by Gasteiger charge is 2.11. The monoisotopic (exact) mass is 260 g/mol. The lowest BCUT2D eigenvalue weighted by molar-refractivity contribution is 0.0696. The molecule has 0 amide bonds. The number of methoxy groups -OCH3 is 1. The number of rotatable bonds is 6. The van der Waals surface area contributed by atoms with Gasteiger partial charge in [0.05, 0.1) is 17.9 Å². The van der Waals surface area contributed by atoms with Crippen molar-refractivity contribution in [2.75, 3.05) is 19.5 Å². The van der Waals surface area contributed by atoms with Crippen LogP contribution >= 0.6 is 0 Å². The first kappa shape index (κ1) is 13.8. The molecule has 1 rings (SSSR count). The fourth-order valence-electron chi connectivity index (χ4n) is 1.24. The molecule has 6 heteroatoms. The maximum Gasteiger partial charge on any atom is 0.335 e. The minimum absolute atomic E-state index is 0.00366. The van der Waals surface area contributed by atoms with E-state index in [0.29, 0.717) is 12.4 Å². The van der Waals surface area contributed by atoms with Gasteiger partial charge >= 0.3 is 5.97 Å². The molecule has 0 saturated carbocycles. The first-order valence-electron chi connectivity index (χ1n) is 4.90. The van der Waals surface area contributed by atoms with Gasteiger partial charge < -0.3 is 9.84 Å². The van der Waals surface area contributed by atoms with E-state index in [0.717, 1.165) is 6.07 Å². The summed E-state index contributed by atoms with van der Waals surface area (Å²) in [4.78, 5) is 10.7. The molecule has 4 nitrogen and oxygen atoms in total. The average molecular weight is 260 g/mol. The Morgan fingerprint density at radius 3 is 2.82 bits per heavy atom. The summed E-state index contributed by atoms with van der Waals surface area (Å²) in [7, 11) is 0.228. The van der Waals surface area contributed by atoms with E-state index in [1.54, 1.807) is 0 Å². The predicted octanol–water partition coefficient (Wildman–Crippen LogP) is 1.42. The third-order valence-electron chi connectivity index (χ3n) is 2.12. The second-order valence-electron chi connectivity index (χ2n) is 3.39. The Morgan fingerprint density at radius 1 is 1.53 bits per heavy atom. The number of carboxylic acid groups (broad SMARTS) is 1. The van der Waals surface area contributed by atoms with Gasteiger partial charge in [-0.15, -0.1) is 0 Å². The van der Waals surface area contributed by atoms with E-state index in [-0.39, 0.29) is 16.9 Å². The first-order chi connectivity index (χ1) is 8.04. The van der Waals surface area contributed by atoms with E-state index in [2.05, 4.69) is 0 Å². The van der Waals surface area contributed by atoms with E-state index >= 15 is 0 Å². The number of aromatic carboxylic acids is 1. The highest BCUT2D eigenvalue weighted by molar-refractivity contribution is 7.84. The summed E-state index contributed by atoms with van der Waals surface area (Å²) in [6.07, 6.45) is 0. The fraction of sp³-hybridized carbons (Fsp3) is 0.364. The van der Waals surface area contributed by atoms with Crippen LogP contribution in [0.25, 0.3) is 0 Å². The number of benzene rings is 1. The maximum atomic E-state index is 13.4. The molecule has 17 heavy (non-hydrogen) atoms. The zero-order chi connectivity index (χ0) is 12.8. The summed E-state index contributed by atoms with van der Waals surface area (Å²) < 4.78 is 29.6. The van der Waals surface area contributed by atoms with E-state index in [1.165, 1.54) is 19.2 Å². The lowest BCUT2D eigenvalue weighted by Crippen LogP contribution is -2.08. The van der Waals surface area contributed by atoms with Gasteiger partial charge in [-0.05, 0) is 18.2 Å². The van der Waals surface area contributed by atoms with Crippen molar-refractivity contribution in [3.63, 3.8) is 0 Å². The molecular weight excluding hydrogens is 247 g/mol. The van der Waals surface area contributed by atoms with E-state index in [1.807, 2.05) is 0 Å². The second-order valence-corrected chi connectivity index (χ2v) is 4.97. The normalized spacial score (nSPS) is 12.4. The highest BCUT2D eigenvalue weighted by Crippen LogP contribution is 2.13. The molecule has 0 aliphatic heterocycles. The number of ether oxygens (including phenoxy) is 1. The fourth-order valence-corrected chi connectivity index (χ4v) is 2.31. The molecule has 1 unspecified atom stereocenters. The predicted molar refractivity (Wildman–Crippen MR) is 61.9 cm³/mol. The summed E-state index contributed by atoms with van der Waals surface area (Å²) in [5.74, 6) is -1.38. The van der Waals surface area contributed by atoms with E-state index in [9.17, 15) is 13.4 Å². The van der Waals surface area contributed by atoms with Crippen LogP contribution in [0.3, 0.4) is 0 Å². The number of hydrogen-bond acceptors (Lipinski definition) is 3. The molecule has 0 fully saturated rings.